The molecule has 55 heavy (non-hydrogen) atoms. The van der Waals surface area contributed by atoms with E-state index in [-0.39, 0.29) is 44.1 Å². The van der Waals surface area contributed by atoms with Crippen molar-refractivity contribution < 1.29 is 41.5 Å². The van der Waals surface area contributed by atoms with Crippen LogP contribution in [0.3, 0.4) is 0 Å². The Labute approximate surface area is 322 Å². The van der Waals surface area contributed by atoms with Crippen molar-refractivity contribution in [1.29, 1.82) is 0 Å². The number of nitrogens with zero attached hydrogens (tertiary/aromatic N) is 2. The normalized spacial score (nSPS) is 30.9. The van der Waals surface area contributed by atoms with E-state index in [4.69, 9.17) is 14.5 Å². The molecule has 2 saturated carbocycles. The first kappa shape index (κ1) is 39.2. The summed E-state index contributed by atoms with van der Waals surface area (Å²) in [4.78, 5) is 62.4. The molecule has 1 aromatic carbocycles. The predicted molar refractivity (Wildman–Crippen MR) is 203 cm³/mol. The average molecular weight is 781 g/mol. The van der Waals surface area contributed by atoms with Gasteiger partial charge in [-0.05, 0) is 90.3 Å². The van der Waals surface area contributed by atoms with Crippen LogP contribution in [-0.2, 0) is 40.4 Å². The molecule has 4 heterocycles. The van der Waals surface area contributed by atoms with Gasteiger partial charge >= 0.3 is 5.97 Å². The number of halogens is 1. The van der Waals surface area contributed by atoms with Crippen molar-refractivity contribution in [2.75, 3.05) is 6.54 Å². The lowest BCUT2D eigenvalue weighted by Crippen LogP contribution is -2.57. The lowest BCUT2D eigenvalue weighted by molar-refractivity contribution is -0.153. The van der Waals surface area contributed by atoms with Crippen molar-refractivity contribution in [3.63, 3.8) is 0 Å². The van der Waals surface area contributed by atoms with Gasteiger partial charge in [-0.1, -0.05) is 38.0 Å². The van der Waals surface area contributed by atoms with Crippen LogP contribution >= 0.6 is 0 Å². The Morgan fingerprint density at radius 2 is 1.91 bits per heavy atom. The van der Waals surface area contributed by atoms with Crippen LogP contribution < -0.4 is 14.8 Å². The number of alkyl halides is 1. The third kappa shape index (κ3) is 7.47. The van der Waals surface area contributed by atoms with Gasteiger partial charge in [-0.15, -0.1) is 0 Å². The Morgan fingerprint density at radius 3 is 2.62 bits per heavy atom. The third-order valence-corrected chi connectivity index (χ3v) is 14.5. The molecule has 2 aliphatic carbocycles. The number of fused-ring (bicyclic) bond motifs is 5. The summed E-state index contributed by atoms with van der Waals surface area (Å²) in [6, 6.07) is 4.57. The SMILES string of the molecule is CCc1ccc2nc(C)c3c(c2c1)C(F)C[C@]1(C[C@H]2C(=O)N[C@]4(C(=O)NS(=O)(=O)C5(C)CC5)C[C@H]4/C=C\CCCCC[C@H](CC(=O)OC(C)C)C(=O)N2C1)O3. The summed E-state index contributed by atoms with van der Waals surface area (Å²) in [7, 11) is -4.02. The number of carbonyl (C=O) groups excluding carboxylic acids is 4. The van der Waals surface area contributed by atoms with Gasteiger partial charge in [0.2, 0.25) is 21.8 Å². The molecule has 2 aromatic rings. The molecule has 0 radical (unpaired) electrons. The van der Waals surface area contributed by atoms with Gasteiger partial charge in [0.15, 0.2) is 0 Å². The third-order valence-electron chi connectivity index (χ3n) is 12.3. The number of carbonyl (C=O) groups is 4. The number of amides is 3. The van der Waals surface area contributed by atoms with Crippen LogP contribution in [0.5, 0.6) is 5.75 Å². The van der Waals surface area contributed by atoms with Gasteiger partial charge in [0.1, 0.15) is 29.1 Å². The number of allylic oxidation sites excluding steroid dienone is 1. The van der Waals surface area contributed by atoms with Gasteiger partial charge in [0.05, 0.1) is 35.0 Å². The van der Waals surface area contributed by atoms with Crippen molar-refractivity contribution in [1.82, 2.24) is 19.9 Å². The Morgan fingerprint density at radius 1 is 1.15 bits per heavy atom. The van der Waals surface area contributed by atoms with Crippen LogP contribution in [0, 0.1) is 18.8 Å². The number of hydrogen-bond donors (Lipinski definition) is 2. The summed E-state index contributed by atoms with van der Waals surface area (Å²) in [5.41, 5.74) is -0.341. The van der Waals surface area contributed by atoms with Gasteiger partial charge in [0.25, 0.3) is 5.91 Å². The number of ether oxygens (including phenoxy) is 2. The van der Waals surface area contributed by atoms with Crippen molar-refractivity contribution in [2.24, 2.45) is 11.8 Å². The van der Waals surface area contributed by atoms with Crippen LogP contribution in [0.1, 0.15) is 121 Å². The standard InChI is InChI=1S/C41H53FN4O8S/c1-6-26-14-15-31-29(18-26)34-30(42)21-40(54-35(34)25(4)43-31)22-32-36(48)44-41(38(50)45-55(51,52)39(5)16-17-39)20-28(41)13-11-9-7-8-10-12-27(37(49)46(32)23-40)19-33(47)53-24(2)3/h11,13-15,18,24,27-28,30,32H,6-10,12,16-17,19-23H2,1-5H3,(H,44,48)(H,45,50)/b13-11-/t27-,28-,30?,32+,40-,41-/m1/s1. The van der Waals surface area contributed by atoms with Gasteiger partial charge in [-0.25, -0.2) is 17.8 Å². The highest BCUT2D eigenvalue weighted by Crippen LogP contribution is 2.52. The monoisotopic (exact) mass is 780 g/mol. The first-order chi connectivity index (χ1) is 26.0. The molecular weight excluding hydrogens is 728 g/mol. The number of aromatic nitrogens is 1. The summed E-state index contributed by atoms with van der Waals surface area (Å²) in [6.07, 6.45) is 6.55. The molecule has 1 aromatic heterocycles. The Balaban J connectivity index is 1.26. The Kier molecular flexibility index (Phi) is 10.3. The summed E-state index contributed by atoms with van der Waals surface area (Å²) in [5.74, 6) is -3.47. The molecule has 1 unspecified atom stereocenters. The molecule has 6 atom stereocenters. The minimum atomic E-state index is -4.02. The fourth-order valence-corrected chi connectivity index (χ4v) is 9.95. The van der Waals surface area contributed by atoms with E-state index in [9.17, 15) is 27.6 Å². The topological polar surface area (TPSA) is 161 Å². The zero-order valence-electron chi connectivity index (χ0n) is 32.4. The van der Waals surface area contributed by atoms with Gasteiger partial charge < -0.3 is 19.7 Å². The fraction of sp³-hybridized carbons (Fsp3) is 0.634. The molecule has 5 aliphatic rings. The summed E-state index contributed by atoms with van der Waals surface area (Å²) < 4.78 is 56.6. The summed E-state index contributed by atoms with van der Waals surface area (Å²) in [6.45, 7) is 8.68. The van der Waals surface area contributed by atoms with E-state index in [1.807, 2.05) is 37.3 Å². The first-order valence-corrected chi connectivity index (χ1v) is 21.3. The molecule has 3 fully saturated rings. The van der Waals surface area contributed by atoms with Crippen molar-refractivity contribution >= 4 is 44.6 Å². The Hall–Kier alpha value is -4.07. The van der Waals surface area contributed by atoms with E-state index < -0.39 is 73.7 Å². The van der Waals surface area contributed by atoms with Crippen LogP contribution in [0.4, 0.5) is 4.39 Å². The lowest BCUT2D eigenvalue weighted by atomic mass is 9.85. The molecule has 7 rings (SSSR count). The van der Waals surface area contributed by atoms with Gasteiger partial charge in [-0.3, -0.25) is 23.9 Å². The van der Waals surface area contributed by atoms with Crippen molar-refractivity contribution in [3.05, 3.63) is 47.2 Å². The minimum Gasteiger partial charge on any atom is -0.483 e. The number of sulfonamides is 1. The molecular formula is C41H53FN4O8S. The molecule has 3 aliphatic heterocycles. The summed E-state index contributed by atoms with van der Waals surface area (Å²) in [5, 5.41) is 3.55. The smallest absolute Gasteiger partial charge is 0.306 e. The highest BCUT2D eigenvalue weighted by Gasteiger charge is 2.64. The van der Waals surface area contributed by atoms with Gasteiger partial charge in [-0.2, -0.15) is 0 Å². The molecule has 12 nitrogen and oxygen atoms in total. The van der Waals surface area contributed by atoms with Crippen LogP contribution in [0.25, 0.3) is 10.9 Å². The second kappa shape index (κ2) is 14.5. The van der Waals surface area contributed by atoms with E-state index in [1.54, 1.807) is 27.7 Å². The highest BCUT2D eigenvalue weighted by atomic mass is 32.2. The number of pyridine rings is 1. The maximum atomic E-state index is 16.8. The van der Waals surface area contributed by atoms with Crippen LogP contribution in [-0.4, -0.2) is 76.6 Å². The second-order valence-corrected chi connectivity index (χ2v) is 19.1. The number of aryl methyl sites for hydroxylation is 2. The van der Waals surface area contributed by atoms with Crippen molar-refractivity contribution in [3.8, 4) is 5.75 Å². The highest BCUT2D eigenvalue weighted by molar-refractivity contribution is 7.91. The summed E-state index contributed by atoms with van der Waals surface area (Å²) >= 11 is 0. The molecule has 1 saturated heterocycles. The number of hydrogen-bond acceptors (Lipinski definition) is 9. The van der Waals surface area contributed by atoms with Crippen LogP contribution in [0.2, 0.25) is 0 Å². The zero-order chi connectivity index (χ0) is 39.5. The maximum absolute atomic E-state index is 16.8. The fourth-order valence-electron chi connectivity index (χ4n) is 8.64. The molecule has 2 N–H and O–H groups in total. The van der Waals surface area contributed by atoms with Crippen LogP contribution in [0.15, 0.2) is 30.4 Å². The largest absolute Gasteiger partial charge is 0.483 e. The van der Waals surface area contributed by atoms with Crippen molar-refractivity contribution in [2.45, 2.75) is 146 Å². The number of esters is 1. The van der Waals surface area contributed by atoms with E-state index in [0.717, 1.165) is 24.8 Å². The number of benzene rings is 1. The Bertz CT molecular complexity index is 2050. The van der Waals surface area contributed by atoms with E-state index >= 15 is 4.39 Å². The van der Waals surface area contributed by atoms with E-state index in [1.165, 1.54) is 4.90 Å². The average Bonchev–Trinajstić information content (AvgIpc) is 4.01. The van der Waals surface area contributed by atoms with Gasteiger partial charge in [0, 0.05) is 35.6 Å². The minimum absolute atomic E-state index is 0.0886. The quantitative estimate of drug-likeness (QED) is 0.270. The van der Waals surface area contributed by atoms with E-state index in [0.29, 0.717) is 54.3 Å². The molecule has 14 heteroatoms. The second-order valence-electron chi connectivity index (χ2n) is 16.9. The predicted octanol–water partition coefficient (Wildman–Crippen LogP) is 5.59. The molecule has 3 amide bonds. The molecule has 0 bridgehead atoms. The number of rotatable bonds is 7. The molecule has 1 spiro atoms. The first-order valence-electron chi connectivity index (χ1n) is 19.8. The number of nitrogens with one attached hydrogen (secondary N) is 2. The lowest BCUT2D eigenvalue weighted by Gasteiger charge is -2.38. The molecule has 298 valence electrons. The zero-order valence-corrected chi connectivity index (χ0v) is 33.2. The maximum Gasteiger partial charge on any atom is 0.306 e. The van der Waals surface area contributed by atoms with E-state index in [2.05, 4.69) is 10.0 Å².